The van der Waals surface area contributed by atoms with Gasteiger partial charge in [-0.25, -0.2) is 0 Å². The summed E-state index contributed by atoms with van der Waals surface area (Å²) in [6, 6.07) is 4.65. The number of hydrogen-bond donors (Lipinski definition) is 10. The van der Waals surface area contributed by atoms with Gasteiger partial charge in [-0.2, -0.15) is 0 Å². The number of hydrogen-bond acceptors (Lipinski definition) is 25. The normalized spacial score (nSPS) is 21.5. The number of nitrogens with one attached hydrogen (secondary N) is 10. The van der Waals surface area contributed by atoms with Crippen molar-refractivity contribution in [1.29, 1.82) is 0 Å². The van der Waals surface area contributed by atoms with Crippen LogP contribution in [0.4, 0.5) is 0 Å². The van der Waals surface area contributed by atoms with Gasteiger partial charge in [0.15, 0.2) is 0 Å². The van der Waals surface area contributed by atoms with Gasteiger partial charge in [-0.05, 0) is 416 Å². The molecule has 0 radical (unpaired) electrons. The molecule has 1 amide bonds. The van der Waals surface area contributed by atoms with Gasteiger partial charge >= 0.3 is 0 Å². The standard InChI is InChI=1S/C12H24N2O.3C11H24N2.C11H23N.2C10H23N3.3C10H22N2.C9H20N2.C9H19NO/c1-10(15)14-7-5-11(6-8-14)9-13-12(2,3)4;1-11(2,3)12-9-10-5-7-13(4)8-6-10;2*1-11(2,3)5-6-13-9-7-12(4)8-10-13;1-11(2,3)12-9-10-7-5-4-6-8-10;2*1-10(2)11-4-5-13-8-6-12(3)7-9-13;2*1-10(2,3)11-9-5-7-12(4)8-6-9;1-10(2)11-6-9-12-7-4-3-5-8-12;1-9(2)10-5-8-11-6-3-4-7-11;1-9(2,3)10-8-4-6-11-7-5-8/h11,13H,5-9H2,1-4H3;10,12H,5-9H2,1-4H3;2*5-10H2,1-4H3;10,12H,4-9H2,1-3H3;2*10-11H,4-9H2,1-3H3;2*9,11H,5-8H2,1-4H3;10-11H,3-9H2,1-2H3;9-10H,3-8H2,1-2H3;8,10H,4-7H2,1-3H3. The number of likely N-dealkylation sites (tertiary alicyclic amines) is 6. The van der Waals surface area contributed by atoms with E-state index in [2.05, 4.69) is 388 Å². The molecule has 12 rings (SSSR count). The van der Waals surface area contributed by atoms with Crippen molar-refractivity contribution >= 4 is 5.91 Å². The summed E-state index contributed by atoms with van der Waals surface area (Å²) in [4.78, 5) is 45.3. The third-order valence-electron chi connectivity index (χ3n) is 30.3. The smallest absolute Gasteiger partial charge is 0.219 e. The van der Waals surface area contributed by atoms with Gasteiger partial charge < -0.3 is 117 Å². The summed E-state index contributed by atoms with van der Waals surface area (Å²) in [6.07, 6.45) is 29.5. The molecule has 150 heavy (non-hydrogen) atoms. The van der Waals surface area contributed by atoms with E-state index >= 15 is 0 Å². The lowest BCUT2D eigenvalue weighted by Gasteiger charge is -2.34. The molecule has 0 aromatic heterocycles. The van der Waals surface area contributed by atoms with E-state index in [0.717, 1.165) is 115 Å². The van der Waals surface area contributed by atoms with Crippen LogP contribution in [0.15, 0.2) is 0 Å². The molecule has 0 aromatic carbocycles. The lowest BCUT2D eigenvalue weighted by atomic mass is 9.89. The summed E-state index contributed by atoms with van der Waals surface area (Å²) in [6.45, 7) is 125. The third kappa shape index (κ3) is 93.1. The van der Waals surface area contributed by atoms with Crippen LogP contribution in [0.1, 0.15) is 370 Å². The molecule has 12 aliphatic rings. The highest BCUT2D eigenvalue weighted by molar-refractivity contribution is 5.73. The van der Waals surface area contributed by atoms with Crippen molar-refractivity contribution in [2.75, 3.05) is 331 Å². The largest absolute Gasteiger partial charge is 0.381 e. The Balaban J connectivity index is 0.000000819. The number of piperazine rings is 4. The second kappa shape index (κ2) is 81.2. The first kappa shape index (κ1) is 147. The van der Waals surface area contributed by atoms with E-state index in [1.165, 1.54) is 338 Å². The van der Waals surface area contributed by atoms with Gasteiger partial charge in [-0.3, -0.25) is 14.6 Å². The minimum Gasteiger partial charge on any atom is -0.381 e. The molecule has 10 N–H and O–H groups in total. The highest BCUT2D eigenvalue weighted by Gasteiger charge is 2.29. The Labute approximate surface area is 936 Å². The second-order valence-electron chi connectivity index (χ2n) is 57.4. The van der Waals surface area contributed by atoms with Crippen LogP contribution in [0.2, 0.25) is 0 Å². The van der Waals surface area contributed by atoms with Crippen molar-refractivity contribution in [3.8, 4) is 0 Å². The number of nitrogens with zero attached hydrogens (tertiary/aromatic N) is 14. The van der Waals surface area contributed by atoms with Crippen LogP contribution in [-0.4, -0.2) is 481 Å². The quantitative estimate of drug-likeness (QED) is 0.0340. The fraction of sp³-hybridized carbons (Fsp3) is 0.992. The monoisotopic (exact) mass is 2130 g/mol. The number of ether oxygens (including phenoxy) is 1. The van der Waals surface area contributed by atoms with Gasteiger partial charge in [0.1, 0.15) is 0 Å². The molecule has 26 heteroatoms. The van der Waals surface area contributed by atoms with Crippen molar-refractivity contribution < 1.29 is 9.53 Å². The number of rotatable bonds is 29. The minimum atomic E-state index is 0.206. The summed E-state index contributed by atoms with van der Waals surface area (Å²) in [5.74, 6) is 2.81. The molecule has 0 aromatic rings. The Morgan fingerprint density at radius 3 is 0.700 bits per heavy atom. The zero-order valence-electron chi connectivity index (χ0n) is 108. The molecule has 898 valence electrons. The van der Waals surface area contributed by atoms with E-state index in [1.807, 2.05) is 4.90 Å². The van der Waals surface area contributed by atoms with Gasteiger partial charge in [-0.15, -0.1) is 0 Å². The Morgan fingerprint density at radius 2 is 0.460 bits per heavy atom. The second-order valence-corrected chi connectivity index (χ2v) is 57.4. The Bertz CT molecular complexity index is 2880. The molecule has 0 spiro atoms. The topological polar surface area (TPSA) is 192 Å². The first-order chi connectivity index (χ1) is 69.8. The number of carbonyl (C=O) groups is 1. The van der Waals surface area contributed by atoms with E-state index in [9.17, 15) is 4.79 Å². The fourth-order valence-corrected chi connectivity index (χ4v) is 20.0. The van der Waals surface area contributed by atoms with Crippen molar-refractivity contribution in [2.24, 2.45) is 28.6 Å². The van der Waals surface area contributed by atoms with Crippen LogP contribution in [0.25, 0.3) is 0 Å². The third-order valence-corrected chi connectivity index (χ3v) is 30.3. The van der Waals surface area contributed by atoms with E-state index in [0.29, 0.717) is 46.6 Å². The van der Waals surface area contributed by atoms with Crippen LogP contribution in [0, 0.1) is 28.6 Å². The molecule has 11 saturated heterocycles. The van der Waals surface area contributed by atoms with Crippen LogP contribution in [0.3, 0.4) is 0 Å². The maximum atomic E-state index is 11.1. The zero-order chi connectivity index (χ0) is 113. The van der Waals surface area contributed by atoms with E-state index in [4.69, 9.17) is 4.74 Å². The van der Waals surface area contributed by atoms with Crippen LogP contribution in [-0.2, 0) is 9.53 Å². The molecule has 11 aliphatic heterocycles. The van der Waals surface area contributed by atoms with Gasteiger partial charge in [0.25, 0.3) is 0 Å². The maximum absolute atomic E-state index is 11.1. The highest BCUT2D eigenvalue weighted by atomic mass is 16.5. The molecule has 26 nitrogen and oxygen atoms in total. The highest BCUT2D eigenvalue weighted by Crippen LogP contribution is 2.26. The van der Waals surface area contributed by atoms with Crippen LogP contribution in [0.5, 0.6) is 0 Å². The summed E-state index contributed by atoms with van der Waals surface area (Å²) in [7, 11) is 15.4. The number of piperidine rings is 5. The molecule has 0 bridgehead atoms. The lowest BCUT2D eigenvalue weighted by molar-refractivity contribution is -0.130. The van der Waals surface area contributed by atoms with Crippen LogP contribution < -0.4 is 53.2 Å². The van der Waals surface area contributed by atoms with Crippen molar-refractivity contribution in [3.63, 3.8) is 0 Å². The Kier molecular flexibility index (Phi) is 79.3. The molecule has 1 saturated carbocycles. The van der Waals surface area contributed by atoms with Gasteiger partial charge in [0.05, 0.1) is 0 Å². The summed E-state index contributed by atoms with van der Waals surface area (Å²) < 4.78 is 5.27. The summed E-state index contributed by atoms with van der Waals surface area (Å²) >= 11 is 0. The fourth-order valence-electron chi connectivity index (χ4n) is 20.0. The first-order valence-corrected chi connectivity index (χ1v) is 62.3. The van der Waals surface area contributed by atoms with Crippen molar-refractivity contribution in [3.05, 3.63) is 0 Å². The first-order valence-electron chi connectivity index (χ1n) is 62.3. The molecular weight excluding hydrogens is 1860 g/mol. The van der Waals surface area contributed by atoms with Gasteiger partial charge in [0.2, 0.25) is 5.91 Å². The van der Waals surface area contributed by atoms with E-state index < -0.39 is 0 Å². The van der Waals surface area contributed by atoms with Gasteiger partial charge in [-0.1, -0.05) is 123 Å². The predicted octanol–water partition coefficient (Wildman–Crippen LogP) is 17.1. The number of amides is 1. The average Bonchev–Trinajstić information content (AvgIpc) is 0.911. The van der Waals surface area contributed by atoms with E-state index in [-0.39, 0.29) is 33.6 Å². The summed E-state index contributed by atoms with van der Waals surface area (Å²) in [5, 5.41) is 35.4. The van der Waals surface area contributed by atoms with Crippen LogP contribution >= 0.6 is 0 Å². The zero-order valence-corrected chi connectivity index (χ0v) is 108. The Morgan fingerprint density at radius 1 is 0.247 bits per heavy atom. The van der Waals surface area contributed by atoms with Crippen molar-refractivity contribution in [2.45, 2.75) is 445 Å². The molecule has 12 fully saturated rings. The molecule has 1 aliphatic carbocycles. The van der Waals surface area contributed by atoms with Crippen molar-refractivity contribution in [1.82, 2.24) is 122 Å². The molecular formula is C124H270N24O2. The Hall–Kier alpha value is -1.49. The summed E-state index contributed by atoms with van der Waals surface area (Å²) in [5.41, 5.74) is 2.58. The predicted molar refractivity (Wildman–Crippen MR) is 661 cm³/mol. The number of likely N-dealkylation sites (N-methyl/N-ethyl adjacent to an activating group) is 4. The van der Waals surface area contributed by atoms with Gasteiger partial charge in [0, 0.05) is 266 Å². The average molecular weight is 2130 g/mol. The lowest BCUT2D eigenvalue weighted by Crippen LogP contribution is -2.48. The molecule has 0 atom stereocenters. The minimum absolute atomic E-state index is 0.206. The molecule has 11 heterocycles. The maximum Gasteiger partial charge on any atom is 0.219 e. The SMILES string of the molecule is CC(=O)N1CCC(CNC(C)(C)C)CC1.CC(C)(C)NC1CCOCC1.CC(C)(C)NCC1CCCCC1.CC(C)NCCN1CCCC1.CC(C)NCCN1CCCCC1.CC(C)NCCN1CCN(C)CC1.CC(C)NCCN1CCN(C)CC1.CN1CCC(CNC(C)(C)C)CC1.CN1CCC(NC(C)(C)C)CC1.CN1CCC(NC(C)(C)C)CC1.CN1CCN(CCC(C)(C)C)CC1.CN1CCN(CCC(C)(C)C)CC1. The van der Waals surface area contributed by atoms with E-state index in [1.54, 1.807) is 6.92 Å². The molecule has 0 unspecified atom stereocenters. The number of carbonyl (C=O) groups excluding carboxylic acids is 1.